The number of aliphatic imine (C=N–C) groups is 1. The van der Waals surface area contributed by atoms with E-state index in [4.69, 9.17) is 4.74 Å². The van der Waals surface area contributed by atoms with Gasteiger partial charge in [0, 0.05) is 12.7 Å². The van der Waals surface area contributed by atoms with Crippen LogP contribution in [-0.4, -0.2) is 23.1 Å². The fourth-order valence-corrected chi connectivity index (χ4v) is 2.66. The molecular formula is C18H22N2O. The summed E-state index contributed by atoms with van der Waals surface area (Å²) in [4.78, 5) is 4.66. The Labute approximate surface area is 126 Å². The Bertz CT molecular complexity index is 670. The maximum absolute atomic E-state index is 5.76. The molecule has 21 heavy (non-hydrogen) atoms. The lowest BCUT2D eigenvalue weighted by Crippen LogP contribution is -2.11. The standard InChI is InChI=1S/C18H22N2O/c1-4-16-12-21-18(19-16)17-6-5-9-20(17)11-15-10-13(2)7-8-14(15)3/h5-10,16H,4,11-12H2,1-3H3. The van der Waals surface area contributed by atoms with Crippen LogP contribution in [-0.2, 0) is 11.3 Å². The minimum Gasteiger partial charge on any atom is -0.474 e. The normalized spacial score (nSPS) is 17.7. The van der Waals surface area contributed by atoms with Gasteiger partial charge in [0.25, 0.3) is 0 Å². The van der Waals surface area contributed by atoms with Crippen molar-refractivity contribution in [3.8, 4) is 0 Å². The predicted molar refractivity (Wildman–Crippen MR) is 86.0 cm³/mol. The van der Waals surface area contributed by atoms with E-state index < -0.39 is 0 Å². The van der Waals surface area contributed by atoms with Gasteiger partial charge in [-0.25, -0.2) is 4.99 Å². The van der Waals surface area contributed by atoms with Crippen LogP contribution in [0.25, 0.3) is 0 Å². The molecule has 3 rings (SSSR count). The smallest absolute Gasteiger partial charge is 0.233 e. The zero-order valence-corrected chi connectivity index (χ0v) is 13.0. The predicted octanol–water partition coefficient (Wildman–Crippen LogP) is 3.71. The molecule has 0 N–H and O–H groups in total. The summed E-state index contributed by atoms with van der Waals surface area (Å²) in [5.41, 5.74) is 5.04. The molecule has 110 valence electrons. The number of hydrogen-bond acceptors (Lipinski definition) is 2. The Morgan fingerprint density at radius 2 is 2.14 bits per heavy atom. The zero-order valence-electron chi connectivity index (χ0n) is 13.0. The van der Waals surface area contributed by atoms with Crippen molar-refractivity contribution in [2.24, 2.45) is 4.99 Å². The van der Waals surface area contributed by atoms with Crippen LogP contribution in [0.15, 0.2) is 41.5 Å². The van der Waals surface area contributed by atoms with Crippen molar-refractivity contribution < 1.29 is 4.74 Å². The maximum Gasteiger partial charge on any atom is 0.233 e. The van der Waals surface area contributed by atoms with E-state index >= 15 is 0 Å². The Balaban J connectivity index is 1.88. The van der Waals surface area contributed by atoms with Crippen molar-refractivity contribution in [3.63, 3.8) is 0 Å². The molecule has 0 saturated heterocycles. The topological polar surface area (TPSA) is 26.5 Å². The van der Waals surface area contributed by atoms with Crippen LogP contribution in [0.5, 0.6) is 0 Å². The molecule has 0 bridgehead atoms. The number of hydrogen-bond donors (Lipinski definition) is 0. The Morgan fingerprint density at radius 3 is 2.90 bits per heavy atom. The van der Waals surface area contributed by atoms with E-state index in [2.05, 4.69) is 66.9 Å². The molecule has 2 heterocycles. The van der Waals surface area contributed by atoms with Crippen LogP contribution >= 0.6 is 0 Å². The van der Waals surface area contributed by atoms with Gasteiger partial charge >= 0.3 is 0 Å². The first-order valence-corrected chi connectivity index (χ1v) is 7.59. The Kier molecular flexibility index (Phi) is 3.82. The second-order valence-corrected chi connectivity index (χ2v) is 5.76. The lowest BCUT2D eigenvalue weighted by molar-refractivity contribution is 0.313. The molecule has 0 spiro atoms. The van der Waals surface area contributed by atoms with Gasteiger partial charge in [-0.2, -0.15) is 0 Å². The minimum atomic E-state index is 0.309. The summed E-state index contributed by atoms with van der Waals surface area (Å²) in [6.45, 7) is 8.01. The molecule has 1 unspecified atom stereocenters. The molecule has 1 aliphatic rings. The Hall–Kier alpha value is -2.03. The number of nitrogens with zero attached hydrogens (tertiary/aromatic N) is 2. The molecule has 1 atom stereocenters. The summed E-state index contributed by atoms with van der Waals surface area (Å²) in [6.07, 6.45) is 3.13. The van der Waals surface area contributed by atoms with Gasteiger partial charge in [-0.15, -0.1) is 0 Å². The van der Waals surface area contributed by atoms with Crippen molar-refractivity contribution in [2.45, 2.75) is 39.8 Å². The van der Waals surface area contributed by atoms with Gasteiger partial charge in [0.2, 0.25) is 5.90 Å². The van der Waals surface area contributed by atoms with Crippen LogP contribution in [0.1, 0.15) is 35.7 Å². The third-order valence-electron chi connectivity index (χ3n) is 4.08. The highest BCUT2D eigenvalue weighted by molar-refractivity contribution is 5.93. The highest BCUT2D eigenvalue weighted by Gasteiger charge is 2.20. The van der Waals surface area contributed by atoms with Crippen molar-refractivity contribution >= 4 is 5.90 Å². The number of rotatable bonds is 4. The van der Waals surface area contributed by atoms with E-state index in [1.807, 2.05) is 0 Å². The molecule has 1 aromatic carbocycles. The van der Waals surface area contributed by atoms with Crippen LogP contribution < -0.4 is 0 Å². The van der Waals surface area contributed by atoms with Crippen molar-refractivity contribution in [1.29, 1.82) is 0 Å². The molecular weight excluding hydrogens is 260 g/mol. The second-order valence-electron chi connectivity index (χ2n) is 5.76. The largest absolute Gasteiger partial charge is 0.474 e. The van der Waals surface area contributed by atoms with Crippen molar-refractivity contribution in [2.75, 3.05) is 6.61 Å². The highest BCUT2D eigenvalue weighted by atomic mass is 16.5. The Morgan fingerprint density at radius 1 is 1.29 bits per heavy atom. The molecule has 0 aliphatic carbocycles. The quantitative estimate of drug-likeness (QED) is 0.839. The van der Waals surface area contributed by atoms with Crippen LogP contribution in [0.2, 0.25) is 0 Å². The summed E-state index contributed by atoms with van der Waals surface area (Å²) in [6, 6.07) is 11.1. The lowest BCUT2D eigenvalue weighted by Gasteiger charge is -2.12. The molecule has 0 fully saturated rings. The van der Waals surface area contributed by atoms with E-state index in [-0.39, 0.29) is 0 Å². The van der Waals surface area contributed by atoms with Crippen molar-refractivity contribution in [1.82, 2.24) is 4.57 Å². The fourth-order valence-electron chi connectivity index (χ4n) is 2.66. The van der Waals surface area contributed by atoms with E-state index in [9.17, 15) is 0 Å². The molecule has 1 aromatic heterocycles. The molecule has 0 radical (unpaired) electrons. The molecule has 0 amide bonds. The van der Waals surface area contributed by atoms with E-state index in [1.165, 1.54) is 16.7 Å². The van der Waals surface area contributed by atoms with Crippen LogP contribution in [0.4, 0.5) is 0 Å². The molecule has 2 aromatic rings. The van der Waals surface area contributed by atoms with Gasteiger partial charge in [0.1, 0.15) is 12.3 Å². The average Bonchev–Trinajstić information content (AvgIpc) is 3.11. The first-order valence-electron chi connectivity index (χ1n) is 7.59. The van der Waals surface area contributed by atoms with Crippen molar-refractivity contribution in [3.05, 3.63) is 58.9 Å². The average molecular weight is 282 g/mol. The third kappa shape index (κ3) is 2.87. The van der Waals surface area contributed by atoms with Gasteiger partial charge < -0.3 is 9.30 Å². The van der Waals surface area contributed by atoms with E-state index in [0.717, 1.165) is 24.6 Å². The summed E-state index contributed by atoms with van der Waals surface area (Å²) >= 11 is 0. The first-order chi connectivity index (χ1) is 10.2. The summed E-state index contributed by atoms with van der Waals surface area (Å²) in [5, 5.41) is 0. The van der Waals surface area contributed by atoms with Gasteiger partial charge in [-0.1, -0.05) is 30.7 Å². The fraction of sp³-hybridized carbons (Fsp3) is 0.389. The van der Waals surface area contributed by atoms with Gasteiger partial charge in [0.15, 0.2) is 0 Å². The monoisotopic (exact) mass is 282 g/mol. The number of aromatic nitrogens is 1. The SMILES string of the molecule is CCC1COC(c2cccn2Cc2cc(C)ccc2C)=N1. The molecule has 1 aliphatic heterocycles. The van der Waals surface area contributed by atoms with E-state index in [1.54, 1.807) is 0 Å². The number of benzene rings is 1. The highest BCUT2D eigenvalue weighted by Crippen LogP contribution is 2.18. The van der Waals surface area contributed by atoms with Crippen LogP contribution in [0, 0.1) is 13.8 Å². The lowest BCUT2D eigenvalue weighted by atomic mass is 10.1. The molecule has 3 heteroatoms. The first kappa shape index (κ1) is 13.9. The summed E-state index contributed by atoms with van der Waals surface area (Å²) in [5.74, 6) is 0.789. The summed E-state index contributed by atoms with van der Waals surface area (Å²) < 4.78 is 7.98. The number of ether oxygens (including phenoxy) is 1. The molecule has 3 nitrogen and oxygen atoms in total. The minimum absolute atomic E-state index is 0.309. The van der Waals surface area contributed by atoms with Crippen LogP contribution in [0.3, 0.4) is 0 Å². The molecule has 0 saturated carbocycles. The second kappa shape index (κ2) is 5.76. The van der Waals surface area contributed by atoms with Gasteiger partial charge in [-0.3, -0.25) is 0 Å². The zero-order chi connectivity index (χ0) is 14.8. The van der Waals surface area contributed by atoms with Gasteiger partial charge in [0.05, 0.1) is 6.04 Å². The number of aryl methyl sites for hydroxylation is 2. The third-order valence-corrected chi connectivity index (χ3v) is 4.08. The summed E-state index contributed by atoms with van der Waals surface area (Å²) in [7, 11) is 0. The maximum atomic E-state index is 5.76. The van der Waals surface area contributed by atoms with Gasteiger partial charge in [-0.05, 0) is 43.5 Å². The van der Waals surface area contributed by atoms with E-state index in [0.29, 0.717) is 12.6 Å².